The molecule has 1 saturated heterocycles. The molecule has 0 aliphatic carbocycles. The first kappa shape index (κ1) is 33.0. The van der Waals surface area contributed by atoms with E-state index >= 15 is 0 Å². The number of carbonyl (C=O) groups is 1. The Morgan fingerprint density at radius 3 is 2.67 bits per heavy atom. The van der Waals surface area contributed by atoms with E-state index in [0.717, 1.165) is 23.5 Å². The molecule has 0 amide bonds. The van der Waals surface area contributed by atoms with Crippen LogP contribution in [0.25, 0.3) is 21.9 Å². The third kappa shape index (κ3) is 9.23. The molecular formula is C27H35F2N6O6P. The number of methoxy groups -OCH3 is 1. The lowest BCUT2D eigenvalue weighted by Crippen LogP contribution is -2.20. The predicted octanol–water partition coefficient (Wildman–Crippen LogP) is 4.57. The molecule has 1 aliphatic rings. The molecule has 3 heterocycles. The van der Waals surface area contributed by atoms with E-state index in [4.69, 9.17) is 24.3 Å². The number of fused-ring (bicyclic) bond motifs is 2. The van der Waals surface area contributed by atoms with Crippen LogP contribution in [-0.2, 0) is 18.8 Å². The summed E-state index contributed by atoms with van der Waals surface area (Å²) in [6.07, 6.45) is 3.54. The molecule has 2 aromatic carbocycles. The highest BCUT2D eigenvalue weighted by Crippen LogP contribution is 2.40. The number of anilines is 1. The van der Waals surface area contributed by atoms with Crippen LogP contribution in [0.5, 0.6) is 5.75 Å². The molecule has 0 saturated carbocycles. The maximum atomic E-state index is 12.0. The standard InChI is InChI=1S/C22H23N6O5P.C4H10O.CH2F2/c23-22-26-20-19(21(30)27-22)24-13-28(20)18-9-8-15(32-18)12-31-34(25-10-11-29)33-17-7-3-5-14-4-1-2-6-16(14)17;1-4(2)5-3;2-1-3/h1-7,11,13,15,18,25H,8-10,12H2,(H3,23,26,27,30);4H,1-3H3;1H2. The van der Waals surface area contributed by atoms with Gasteiger partial charge in [-0.15, -0.1) is 0 Å². The summed E-state index contributed by atoms with van der Waals surface area (Å²) in [5.41, 5.74) is 5.88. The van der Waals surface area contributed by atoms with Crippen molar-refractivity contribution in [2.45, 2.75) is 45.1 Å². The number of nitrogens with two attached hydrogens (primary N) is 1. The molecule has 1 fully saturated rings. The van der Waals surface area contributed by atoms with Crippen molar-refractivity contribution >= 4 is 42.7 Å². The van der Waals surface area contributed by atoms with Crippen LogP contribution in [0.4, 0.5) is 14.7 Å². The summed E-state index contributed by atoms with van der Waals surface area (Å²) in [4.78, 5) is 33.7. The van der Waals surface area contributed by atoms with E-state index in [9.17, 15) is 18.4 Å². The van der Waals surface area contributed by atoms with Crippen molar-refractivity contribution in [3.05, 3.63) is 59.1 Å². The number of aromatic nitrogens is 4. The topological polar surface area (TPSA) is 156 Å². The molecule has 2 aromatic heterocycles. The highest BCUT2D eigenvalue weighted by Gasteiger charge is 2.30. The van der Waals surface area contributed by atoms with Gasteiger partial charge in [0.25, 0.3) is 5.56 Å². The summed E-state index contributed by atoms with van der Waals surface area (Å²) in [6.45, 7) is 2.62. The Morgan fingerprint density at radius 1 is 1.24 bits per heavy atom. The Hall–Kier alpha value is -3.55. The number of halogens is 2. The zero-order valence-corrected chi connectivity index (χ0v) is 24.4. The third-order valence-corrected chi connectivity index (χ3v) is 7.12. The van der Waals surface area contributed by atoms with Crippen LogP contribution in [0.1, 0.15) is 32.9 Å². The summed E-state index contributed by atoms with van der Waals surface area (Å²) in [5.74, 6) is 0.696. The highest BCUT2D eigenvalue weighted by atomic mass is 31.2. The molecule has 5 rings (SSSR count). The largest absolute Gasteiger partial charge is 0.435 e. The monoisotopic (exact) mass is 608 g/mol. The van der Waals surface area contributed by atoms with Crippen molar-refractivity contribution in [3.8, 4) is 5.75 Å². The van der Waals surface area contributed by atoms with Crippen LogP contribution in [0.3, 0.4) is 0 Å². The summed E-state index contributed by atoms with van der Waals surface area (Å²) in [7, 11) is 0.116. The van der Waals surface area contributed by atoms with Gasteiger partial charge in [-0.1, -0.05) is 36.4 Å². The average Bonchev–Trinajstić information content (AvgIpc) is 3.62. The number of carbonyl (C=O) groups excluding carboxylic acids is 1. The van der Waals surface area contributed by atoms with Gasteiger partial charge in [0.2, 0.25) is 12.9 Å². The molecule has 12 nitrogen and oxygen atoms in total. The van der Waals surface area contributed by atoms with Gasteiger partial charge >= 0.3 is 8.53 Å². The Morgan fingerprint density at radius 2 is 1.95 bits per heavy atom. The molecule has 3 unspecified atom stereocenters. The smallest absolute Gasteiger partial charge is 0.318 e. The first-order chi connectivity index (χ1) is 20.3. The van der Waals surface area contributed by atoms with Crippen molar-refractivity contribution in [2.75, 3.05) is 32.9 Å². The van der Waals surface area contributed by atoms with Crippen LogP contribution in [0, 0.1) is 0 Å². The molecule has 42 heavy (non-hydrogen) atoms. The fourth-order valence-electron chi connectivity index (χ4n) is 3.90. The summed E-state index contributed by atoms with van der Waals surface area (Å²) >= 11 is 0. The van der Waals surface area contributed by atoms with Crippen LogP contribution < -0.4 is 20.9 Å². The lowest BCUT2D eigenvalue weighted by molar-refractivity contribution is -0.106. The number of rotatable bonds is 10. The van der Waals surface area contributed by atoms with E-state index < -0.39 is 21.0 Å². The average molecular weight is 609 g/mol. The van der Waals surface area contributed by atoms with Gasteiger partial charge in [-0.2, -0.15) is 4.98 Å². The number of nitrogens with zero attached hydrogens (tertiary/aromatic N) is 3. The van der Waals surface area contributed by atoms with E-state index in [-0.39, 0.29) is 36.9 Å². The molecular weight excluding hydrogens is 573 g/mol. The molecule has 0 spiro atoms. The number of hydrogen-bond donors (Lipinski definition) is 3. The Balaban J connectivity index is 0.000000540. The molecule has 228 valence electrons. The van der Waals surface area contributed by atoms with E-state index in [2.05, 4.69) is 20.0 Å². The van der Waals surface area contributed by atoms with Gasteiger partial charge in [-0.3, -0.25) is 14.3 Å². The van der Waals surface area contributed by atoms with Gasteiger partial charge in [0.1, 0.15) is 18.3 Å². The zero-order chi connectivity index (χ0) is 30.5. The normalized spacial score (nSPS) is 16.9. The molecule has 1 aliphatic heterocycles. The van der Waals surface area contributed by atoms with Gasteiger partial charge in [0, 0.05) is 12.5 Å². The van der Waals surface area contributed by atoms with Crippen molar-refractivity contribution in [3.63, 3.8) is 0 Å². The number of nitrogens with one attached hydrogen (secondary N) is 2. The first-order valence-corrected chi connectivity index (χ1v) is 14.3. The number of aromatic amines is 1. The molecule has 4 aromatic rings. The lowest BCUT2D eigenvalue weighted by atomic mass is 10.1. The van der Waals surface area contributed by atoms with Crippen LogP contribution in [0.2, 0.25) is 0 Å². The van der Waals surface area contributed by atoms with E-state index in [0.29, 0.717) is 23.9 Å². The van der Waals surface area contributed by atoms with Gasteiger partial charge < -0.3 is 29.0 Å². The fraction of sp³-hybridized carbons (Fsp3) is 0.407. The van der Waals surface area contributed by atoms with Crippen molar-refractivity contribution in [2.24, 2.45) is 0 Å². The van der Waals surface area contributed by atoms with Gasteiger partial charge in [-0.25, -0.2) is 18.9 Å². The highest BCUT2D eigenvalue weighted by molar-refractivity contribution is 7.45. The number of hydrogen-bond acceptors (Lipinski definition) is 10. The second-order valence-electron chi connectivity index (χ2n) is 9.10. The summed E-state index contributed by atoms with van der Waals surface area (Å²) < 4.78 is 44.0. The molecule has 0 bridgehead atoms. The number of ether oxygens (including phenoxy) is 2. The minimum atomic E-state index is -1.75. The van der Waals surface area contributed by atoms with E-state index in [1.165, 1.54) is 6.33 Å². The second-order valence-corrected chi connectivity index (χ2v) is 10.4. The van der Waals surface area contributed by atoms with Gasteiger partial charge in [0.15, 0.2) is 11.2 Å². The third-order valence-electron chi connectivity index (χ3n) is 5.93. The number of H-pyrrole nitrogens is 1. The number of alkyl halides is 2. The van der Waals surface area contributed by atoms with Crippen molar-refractivity contribution in [1.82, 2.24) is 24.6 Å². The zero-order valence-electron chi connectivity index (χ0n) is 23.5. The predicted molar refractivity (Wildman–Crippen MR) is 156 cm³/mol. The number of aldehydes is 1. The molecule has 0 radical (unpaired) electrons. The minimum absolute atomic E-state index is 0.0228. The lowest BCUT2D eigenvalue weighted by Gasteiger charge is -2.21. The summed E-state index contributed by atoms with van der Waals surface area (Å²) in [5, 5.41) is 5.01. The number of benzene rings is 2. The van der Waals surface area contributed by atoms with Crippen molar-refractivity contribution in [1.29, 1.82) is 0 Å². The van der Waals surface area contributed by atoms with Crippen LogP contribution in [0.15, 0.2) is 53.6 Å². The Bertz CT molecular complexity index is 1470. The minimum Gasteiger partial charge on any atom is -0.435 e. The van der Waals surface area contributed by atoms with E-state index in [1.54, 1.807) is 11.7 Å². The maximum absolute atomic E-state index is 12.0. The van der Waals surface area contributed by atoms with Gasteiger partial charge in [-0.05, 0) is 38.1 Å². The van der Waals surface area contributed by atoms with Crippen molar-refractivity contribution < 1.29 is 32.1 Å². The van der Waals surface area contributed by atoms with Crippen LogP contribution >= 0.6 is 8.53 Å². The fourth-order valence-corrected chi connectivity index (χ4v) is 4.97. The van der Waals surface area contributed by atoms with E-state index in [1.807, 2.05) is 56.3 Å². The number of imidazole rings is 1. The SMILES string of the molecule is COC(C)C.FCF.Nc1nc2c(ncn2C2CCC(COP(NCC=O)Oc3cccc4ccccc34)O2)c(=O)[nH]1. The molecule has 15 heteroatoms. The number of nitrogen functional groups attached to an aromatic ring is 1. The maximum Gasteiger partial charge on any atom is 0.318 e. The summed E-state index contributed by atoms with van der Waals surface area (Å²) in [6, 6.07) is 13.7. The van der Waals surface area contributed by atoms with Crippen LogP contribution in [-0.4, -0.2) is 65.2 Å². The van der Waals surface area contributed by atoms with Gasteiger partial charge in [0.05, 0.1) is 31.7 Å². The Labute approximate surface area is 242 Å². The molecule has 3 atom stereocenters. The quantitative estimate of drug-likeness (QED) is 0.172. The molecule has 4 N–H and O–H groups in total. The first-order valence-electron chi connectivity index (χ1n) is 13.1. The Kier molecular flexibility index (Phi) is 13.2. The second kappa shape index (κ2) is 16.8.